The first-order valence-electron chi connectivity index (χ1n) is 10.7. The van der Waals surface area contributed by atoms with Crippen LogP contribution in [0.25, 0.3) is 6.08 Å². The van der Waals surface area contributed by atoms with E-state index in [2.05, 4.69) is 31.9 Å². The minimum absolute atomic E-state index is 0.184. The standard InChI is InChI=1S/C24H21Br2ClN2O4S/c25-18-10-16(11-19(26)22(18)33-14-15-4-6-17(27)7-5-15)12-20-23(31)29(24(32)34-20)13-21(30)28-8-2-1-3-9-28/h4-7,10-12H,1-3,8-9,13-14H2/b20-12-. The van der Waals surface area contributed by atoms with Gasteiger partial charge >= 0.3 is 0 Å². The molecule has 4 rings (SSSR count). The quantitative estimate of drug-likeness (QED) is 0.342. The third kappa shape index (κ3) is 6.05. The Balaban J connectivity index is 1.44. The summed E-state index contributed by atoms with van der Waals surface area (Å²) in [7, 11) is 0. The van der Waals surface area contributed by atoms with Gasteiger partial charge < -0.3 is 9.64 Å². The second-order valence-electron chi connectivity index (χ2n) is 7.94. The van der Waals surface area contributed by atoms with Gasteiger partial charge in [0, 0.05) is 18.1 Å². The molecular weight excluding hydrogens is 608 g/mol. The third-order valence-electron chi connectivity index (χ3n) is 5.49. The van der Waals surface area contributed by atoms with Crippen LogP contribution < -0.4 is 4.74 Å². The van der Waals surface area contributed by atoms with Crippen molar-refractivity contribution < 1.29 is 19.1 Å². The summed E-state index contributed by atoms with van der Waals surface area (Å²) >= 11 is 13.8. The first-order valence-corrected chi connectivity index (χ1v) is 13.5. The van der Waals surface area contributed by atoms with Gasteiger partial charge in [-0.25, -0.2) is 0 Å². The number of benzene rings is 2. The summed E-state index contributed by atoms with van der Waals surface area (Å²) in [5, 5.41) is 0.235. The van der Waals surface area contributed by atoms with Crippen LogP contribution in [0, 0.1) is 0 Å². The Hall–Kier alpha value is -1.81. The van der Waals surface area contributed by atoms with Gasteiger partial charge in [-0.3, -0.25) is 19.3 Å². The zero-order valence-electron chi connectivity index (χ0n) is 18.1. The first-order chi connectivity index (χ1) is 16.3. The van der Waals surface area contributed by atoms with Crippen LogP contribution in [-0.2, 0) is 16.2 Å². The molecule has 0 N–H and O–H groups in total. The zero-order chi connectivity index (χ0) is 24.2. The molecule has 3 amide bonds. The number of carbonyl (C=O) groups is 3. The van der Waals surface area contributed by atoms with E-state index in [0.717, 1.165) is 41.5 Å². The summed E-state index contributed by atoms with van der Waals surface area (Å²) in [5.74, 6) is -0.0149. The first kappa shape index (κ1) is 25.3. The molecular formula is C24H21Br2ClN2O4S. The Morgan fingerprint density at radius 2 is 1.71 bits per heavy atom. The van der Waals surface area contributed by atoms with Crippen LogP contribution in [0.15, 0.2) is 50.2 Å². The van der Waals surface area contributed by atoms with E-state index in [-0.39, 0.29) is 17.4 Å². The van der Waals surface area contributed by atoms with Crippen molar-refractivity contribution >= 4 is 78.4 Å². The fourth-order valence-electron chi connectivity index (χ4n) is 3.70. The number of halogens is 3. The third-order valence-corrected chi connectivity index (χ3v) is 7.83. The number of carbonyl (C=O) groups excluding carboxylic acids is 3. The number of hydrogen-bond acceptors (Lipinski definition) is 5. The Morgan fingerprint density at radius 1 is 1.06 bits per heavy atom. The van der Waals surface area contributed by atoms with Crippen molar-refractivity contribution in [1.82, 2.24) is 9.80 Å². The van der Waals surface area contributed by atoms with E-state index in [1.54, 1.807) is 23.1 Å². The lowest BCUT2D eigenvalue weighted by atomic mass is 10.1. The van der Waals surface area contributed by atoms with Gasteiger partial charge in [0.05, 0.1) is 13.9 Å². The van der Waals surface area contributed by atoms with Crippen LogP contribution in [0.4, 0.5) is 4.79 Å². The monoisotopic (exact) mass is 626 g/mol. The number of imide groups is 1. The molecule has 2 aromatic rings. The summed E-state index contributed by atoms with van der Waals surface area (Å²) < 4.78 is 7.33. The molecule has 34 heavy (non-hydrogen) atoms. The number of amides is 3. The number of piperidine rings is 1. The number of nitrogens with zero attached hydrogens (tertiary/aromatic N) is 2. The highest BCUT2D eigenvalue weighted by atomic mass is 79.9. The van der Waals surface area contributed by atoms with Crippen LogP contribution in [0.2, 0.25) is 5.02 Å². The van der Waals surface area contributed by atoms with Crippen molar-refractivity contribution in [3.05, 3.63) is 66.4 Å². The highest BCUT2D eigenvalue weighted by Gasteiger charge is 2.37. The molecule has 178 valence electrons. The summed E-state index contributed by atoms with van der Waals surface area (Å²) in [4.78, 5) is 40.9. The van der Waals surface area contributed by atoms with E-state index in [9.17, 15) is 14.4 Å². The molecule has 0 atom stereocenters. The second-order valence-corrected chi connectivity index (χ2v) is 11.1. The molecule has 0 radical (unpaired) electrons. The summed E-state index contributed by atoms with van der Waals surface area (Å²) in [6.45, 7) is 1.50. The van der Waals surface area contributed by atoms with Gasteiger partial charge in [-0.15, -0.1) is 0 Å². The smallest absolute Gasteiger partial charge is 0.294 e. The van der Waals surface area contributed by atoms with Gasteiger partial charge in [0.15, 0.2) is 0 Å². The molecule has 0 aromatic heterocycles. The van der Waals surface area contributed by atoms with Crippen molar-refractivity contribution in [2.75, 3.05) is 19.6 Å². The summed E-state index contributed by atoms with van der Waals surface area (Å²) in [5.41, 5.74) is 1.69. The number of ether oxygens (including phenoxy) is 1. The molecule has 2 aliphatic heterocycles. The maximum atomic E-state index is 12.8. The van der Waals surface area contributed by atoms with Gasteiger partial charge in [-0.2, -0.15) is 0 Å². The lowest BCUT2D eigenvalue weighted by Crippen LogP contribution is -2.44. The molecule has 0 bridgehead atoms. The van der Waals surface area contributed by atoms with Gasteiger partial charge in [0.1, 0.15) is 18.9 Å². The van der Waals surface area contributed by atoms with Crippen molar-refractivity contribution in [1.29, 1.82) is 0 Å². The average Bonchev–Trinajstić information content (AvgIpc) is 3.07. The van der Waals surface area contributed by atoms with Crippen molar-refractivity contribution in [2.45, 2.75) is 25.9 Å². The summed E-state index contributed by atoms with van der Waals surface area (Å²) in [6, 6.07) is 11.0. The Labute approximate surface area is 223 Å². The molecule has 2 aromatic carbocycles. The molecule has 0 saturated carbocycles. The van der Waals surface area contributed by atoms with E-state index < -0.39 is 11.1 Å². The Bertz CT molecular complexity index is 1130. The SMILES string of the molecule is O=C(CN1C(=O)S/C(=C\c2cc(Br)c(OCc3ccc(Cl)cc3)c(Br)c2)C1=O)N1CCCCC1. The normalized spacial score (nSPS) is 17.6. The molecule has 0 unspecified atom stereocenters. The summed E-state index contributed by atoms with van der Waals surface area (Å²) in [6.07, 6.45) is 4.66. The lowest BCUT2D eigenvalue weighted by Gasteiger charge is -2.27. The molecule has 6 nitrogen and oxygen atoms in total. The van der Waals surface area contributed by atoms with E-state index in [4.69, 9.17) is 16.3 Å². The molecule has 2 fully saturated rings. The van der Waals surface area contributed by atoms with Crippen LogP contribution in [0.5, 0.6) is 5.75 Å². The zero-order valence-corrected chi connectivity index (χ0v) is 22.8. The minimum Gasteiger partial charge on any atom is -0.487 e. The fourth-order valence-corrected chi connectivity index (χ4v) is 6.12. The van der Waals surface area contributed by atoms with Gasteiger partial charge in [-0.05, 0) is 104 Å². The van der Waals surface area contributed by atoms with E-state index in [0.29, 0.717) is 45.0 Å². The predicted octanol–water partition coefficient (Wildman–Crippen LogP) is 6.49. The number of rotatable bonds is 6. The predicted molar refractivity (Wildman–Crippen MR) is 141 cm³/mol. The maximum Gasteiger partial charge on any atom is 0.294 e. The number of hydrogen-bond donors (Lipinski definition) is 0. The number of likely N-dealkylation sites (tertiary alicyclic amines) is 1. The van der Waals surface area contributed by atoms with Gasteiger partial charge in [0.25, 0.3) is 11.1 Å². The van der Waals surface area contributed by atoms with Crippen LogP contribution in [0.3, 0.4) is 0 Å². The van der Waals surface area contributed by atoms with Crippen LogP contribution >= 0.6 is 55.2 Å². The highest BCUT2D eigenvalue weighted by Crippen LogP contribution is 2.38. The molecule has 2 heterocycles. The highest BCUT2D eigenvalue weighted by molar-refractivity contribution is 9.11. The molecule has 2 aliphatic rings. The molecule has 10 heteroatoms. The van der Waals surface area contributed by atoms with Gasteiger partial charge in [0.2, 0.25) is 5.91 Å². The Morgan fingerprint density at radius 3 is 2.35 bits per heavy atom. The van der Waals surface area contributed by atoms with Crippen LogP contribution in [0.1, 0.15) is 30.4 Å². The minimum atomic E-state index is -0.448. The molecule has 2 saturated heterocycles. The van der Waals surface area contributed by atoms with Crippen LogP contribution in [-0.4, -0.2) is 46.5 Å². The maximum absolute atomic E-state index is 12.8. The molecule has 0 aliphatic carbocycles. The fraction of sp³-hybridized carbons (Fsp3) is 0.292. The van der Waals surface area contributed by atoms with E-state index in [1.165, 1.54) is 0 Å². The van der Waals surface area contributed by atoms with Crippen molar-refractivity contribution in [3.63, 3.8) is 0 Å². The average molecular weight is 629 g/mol. The van der Waals surface area contributed by atoms with E-state index >= 15 is 0 Å². The molecule has 0 spiro atoms. The van der Waals surface area contributed by atoms with E-state index in [1.807, 2.05) is 24.3 Å². The van der Waals surface area contributed by atoms with Crippen molar-refractivity contribution in [3.8, 4) is 5.75 Å². The topological polar surface area (TPSA) is 66.9 Å². The largest absolute Gasteiger partial charge is 0.487 e. The second kappa shape index (κ2) is 11.3. The number of thioether (sulfide) groups is 1. The van der Waals surface area contributed by atoms with Gasteiger partial charge in [-0.1, -0.05) is 23.7 Å². The lowest BCUT2D eigenvalue weighted by molar-refractivity contribution is -0.136. The Kier molecular flexibility index (Phi) is 8.39. The van der Waals surface area contributed by atoms with Crippen molar-refractivity contribution in [2.24, 2.45) is 0 Å².